The molecule has 0 bridgehead atoms. The third kappa shape index (κ3) is 2.37. The lowest BCUT2D eigenvalue weighted by molar-refractivity contribution is 0.111. The Hall–Kier alpha value is -1.27. The van der Waals surface area contributed by atoms with Gasteiger partial charge in [-0.05, 0) is 25.0 Å². The number of carbonyl (C=O) groups is 1. The molecule has 1 aromatic heterocycles. The van der Waals surface area contributed by atoms with Crippen LogP contribution in [0.1, 0.15) is 30.3 Å². The van der Waals surface area contributed by atoms with Crippen molar-refractivity contribution in [3.8, 4) is 0 Å². The van der Waals surface area contributed by atoms with E-state index in [0.717, 1.165) is 12.8 Å². The first kappa shape index (κ1) is 12.2. The standard InChI is InChI=1S/C11H14N2O3S/c1-2-13(10-6-7-10)17(15,16)11-5-3-4-9(8-14)12-11/h3-5,8,10H,2,6-7H2,1H3. The van der Waals surface area contributed by atoms with Gasteiger partial charge in [0.05, 0.1) is 0 Å². The van der Waals surface area contributed by atoms with Crippen molar-refractivity contribution in [1.82, 2.24) is 9.29 Å². The van der Waals surface area contributed by atoms with Crippen LogP contribution in [-0.2, 0) is 10.0 Å². The van der Waals surface area contributed by atoms with Crippen LogP contribution in [0.2, 0.25) is 0 Å². The van der Waals surface area contributed by atoms with Gasteiger partial charge in [0.2, 0.25) is 0 Å². The number of sulfonamides is 1. The van der Waals surface area contributed by atoms with Gasteiger partial charge < -0.3 is 0 Å². The minimum atomic E-state index is -3.56. The fourth-order valence-electron chi connectivity index (χ4n) is 1.75. The van der Waals surface area contributed by atoms with Crippen molar-refractivity contribution in [2.24, 2.45) is 0 Å². The molecule has 0 spiro atoms. The molecule has 0 atom stereocenters. The lowest BCUT2D eigenvalue weighted by Crippen LogP contribution is -2.33. The van der Waals surface area contributed by atoms with Crippen LogP contribution in [0.3, 0.4) is 0 Å². The van der Waals surface area contributed by atoms with Gasteiger partial charge in [-0.2, -0.15) is 4.31 Å². The second-order valence-electron chi connectivity index (χ2n) is 3.96. The predicted octanol–water partition coefficient (Wildman–Crippen LogP) is 1.07. The molecule has 0 aliphatic heterocycles. The summed E-state index contributed by atoms with van der Waals surface area (Å²) in [6.07, 6.45) is 2.35. The molecule has 0 amide bonds. The third-order valence-electron chi connectivity index (χ3n) is 2.70. The van der Waals surface area contributed by atoms with Crippen LogP contribution in [0.25, 0.3) is 0 Å². The van der Waals surface area contributed by atoms with Crippen LogP contribution in [0.15, 0.2) is 23.2 Å². The second-order valence-corrected chi connectivity index (χ2v) is 5.80. The van der Waals surface area contributed by atoms with Crippen LogP contribution >= 0.6 is 0 Å². The highest BCUT2D eigenvalue weighted by molar-refractivity contribution is 7.89. The van der Waals surface area contributed by atoms with E-state index in [-0.39, 0.29) is 16.8 Å². The van der Waals surface area contributed by atoms with Crippen LogP contribution in [0.5, 0.6) is 0 Å². The van der Waals surface area contributed by atoms with Gasteiger partial charge in [0.25, 0.3) is 10.0 Å². The normalized spacial score (nSPS) is 16.1. The molecule has 0 N–H and O–H groups in total. The highest BCUT2D eigenvalue weighted by Gasteiger charge is 2.37. The lowest BCUT2D eigenvalue weighted by Gasteiger charge is -2.19. The molecule has 5 nitrogen and oxygen atoms in total. The van der Waals surface area contributed by atoms with E-state index < -0.39 is 10.0 Å². The van der Waals surface area contributed by atoms with Crippen molar-refractivity contribution in [1.29, 1.82) is 0 Å². The van der Waals surface area contributed by atoms with Gasteiger partial charge in [-0.1, -0.05) is 13.0 Å². The van der Waals surface area contributed by atoms with Crippen LogP contribution < -0.4 is 0 Å². The van der Waals surface area contributed by atoms with Gasteiger partial charge in [-0.3, -0.25) is 4.79 Å². The zero-order valence-corrected chi connectivity index (χ0v) is 10.4. The Morgan fingerprint density at radius 1 is 1.47 bits per heavy atom. The second kappa shape index (κ2) is 4.54. The average molecular weight is 254 g/mol. The molecule has 0 unspecified atom stereocenters. The first-order valence-corrected chi connectivity index (χ1v) is 6.97. The molecule has 0 saturated heterocycles. The van der Waals surface area contributed by atoms with E-state index in [9.17, 15) is 13.2 Å². The third-order valence-corrected chi connectivity index (χ3v) is 4.63. The summed E-state index contributed by atoms with van der Waals surface area (Å²) in [6, 6.07) is 4.55. The summed E-state index contributed by atoms with van der Waals surface area (Å²) in [4.78, 5) is 14.4. The van der Waals surface area contributed by atoms with Crippen molar-refractivity contribution in [3.63, 3.8) is 0 Å². The fraction of sp³-hybridized carbons (Fsp3) is 0.455. The van der Waals surface area contributed by atoms with E-state index in [1.165, 1.54) is 22.5 Å². The molecular weight excluding hydrogens is 240 g/mol. The number of pyridine rings is 1. The van der Waals surface area contributed by atoms with Crippen LogP contribution in [0.4, 0.5) is 0 Å². The van der Waals surface area contributed by atoms with Gasteiger partial charge >= 0.3 is 0 Å². The van der Waals surface area contributed by atoms with Crippen molar-refractivity contribution >= 4 is 16.3 Å². The summed E-state index contributed by atoms with van der Waals surface area (Å²) in [5.41, 5.74) is 0.137. The first-order chi connectivity index (χ1) is 8.09. The Kier molecular flexibility index (Phi) is 3.26. The zero-order chi connectivity index (χ0) is 12.5. The topological polar surface area (TPSA) is 67.3 Å². The average Bonchev–Trinajstić information content (AvgIpc) is 3.14. The molecule has 1 fully saturated rings. The van der Waals surface area contributed by atoms with Crippen molar-refractivity contribution in [2.45, 2.75) is 30.8 Å². The monoisotopic (exact) mass is 254 g/mol. The SMILES string of the molecule is CCN(C1CC1)S(=O)(=O)c1cccc(C=O)n1. The number of aromatic nitrogens is 1. The molecule has 0 aromatic carbocycles. The Balaban J connectivity index is 2.38. The minimum absolute atomic E-state index is 0.0455. The summed E-state index contributed by atoms with van der Waals surface area (Å²) in [5.74, 6) is 0. The summed E-state index contributed by atoms with van der Waals surface area (Å²) in [7, 11) is -3.56. The molecule has 1 aromatic rings. The predicted molar refractivity (Wildman–Crippen MR) is 62.2 cm³/mol. The van der Waals surface area contributed by atoms with E-state index in [0.29, 0.717) is 12.8 Å². The molecule has 92 valence electrons. The molecule has 1 heterocycles. The maximum absolute atomic E-state index is 12.3. The van der Waals surface area contributed by atoms with Gasteiger partial charge in [0.1, 0.15) is 5.69 Å². The Morgan fingerprint density at radius 2 is 2.18 bits per heavy atom. The Labute approximate surface area is 101 Å². The highest BCUT2D eigenvalue weighted by atomic mass is 32.2. The maximum Gasteiger partial charge on any atom is 0.260 e. The van der Waals surface area contributed by atoms with E-state index in [1.54, 1.807) is 6.92 Å². The quantitative estimate of drug-likeness (QED) is 0.737. The van der Waals surface area contributed by atoms with E-state index in [2.05, 4.69) is 4.98 Å². The van der Waals surface area contributed by atoms with Crippen molar-refractivity contribution in [2.75, 3.05) is 6.54 Å². The molecule has 17 heavy (non-hydrogen) atoms. The molecule has 1 saturated carbocycles. The smallest absolute Gasteiger partial charge is 0.260 e. The number of rotatable bonds is 5. The number of aldehydes is 1. The number of hydrogen-bond donors (Lipinski definition) is 0. The van der Waals surface area contributed by atoms with Gasteiger partial charge in [-0.15, -0.1) is 0 Å². The highest BCUT2D eigenvalue weighted by Crippen LogP contribution is 2.31. The summed E-state index contributed by atoms with van der Waals surface area (Å²) in [5, 5.41) is -0.0455. The molecule has 1 aliphatic rings. The fourth-order valence-corrected chi connectivity index (χ4v) is 3.40. The first-order valence-electron chi connectivity index (χ1n) is 5.53. The summed E-state index contributed by atoms with van der Waals surface area (Å²) < 4.78 is 26.0. The zero-order valence-electron chi connectivity index (χ0n) is 9.54. The minimum Gasteiger partial charge on any atom is -0.296 e. The number of nitrogens with zero attached hydrogens (tertiary/aromatic N) is 2. The van der Waals surface area contributed by atoms with Crippen molar-refractivity contribution in [3.05, 3.63) is 23.9 Å². The Morgan fingerprint density at radius 3 is 2.71 bits per heavy atom. The van der Waals surface area contributed by atoms with Gasteiger partial charge in [0.15, 0.2) is 11.3 Å². The molecule has 1 aliphatic carbocycles. The maximum atomic E-state index is 12.3. The molecule has 2 rings (SSSR count). The number of carbonyl (C=O) groups excluding carboxylic acids is 1. The van der Waals surface area contributed by atoms with E-state index in [1.807, 2.05) is 0 Å². The summed E-state index contributed by atoms with van der Waals surface area (Å²) in [6.45, 7) is 2.24. The van der Waals surface area contributed by atoms with E-state index >= 15 is 0 Å². The Bertz CT molecular complexity index is 523. The van der Waals surface area contributed by atoms with Gasteiger partial charge in [-0.25, -0.2) is 13.4 Å². The van der Waals surface area contributed by atoms with Crippen LogP contribution in [0, 0.1) is 0 Å². The molecule has 6 heteroatoms. The van der Waals surface area contributed by atoms with Crippen LogP contribution in [-0.4, -0.2) is 36.6 Å². The molecule has 0 radical (unpaired) electrons. The summed E-state index contributed by atoms with van der Waals surface area (Å²) >= 11 is 0. The van der Waals surface area contributed by atoms with E-state index in [4.69, 9.17) is 0 Å². The largest absolute Gasteiger partial charge is 0.296 e. The molecular formula is C11H14N2O3S. The lowest BCUT2D eigenvalue weighted by atomic mass is 10.4. The van der Waals surface area contributed by atoms with Gasteiger partial charge in [0, 0.05) is 12.6 Å². The van der Waals surface area contributed by atoms with Crippen molar-refractivity contribution < 1.29 is 13.2 Å². The number of hydrogen-bond acceptors (Lipinski definition) is 4.